The average molecular weight is 200 g/mol. The van der Waals surface area contributed by atoms with Gasteiger partial charge in [0.05, 0.1) is 6.20 Å². The maximum absolute atomic E-state index is 8.69. The molecule has 1 heterocycles. The van der Waals surface area contributed by atoms with E-state index in [9.17, 15) is 0 Å². The first-order valence-corrected chi connectivity index (χ1v) is 5.05. The highest BCUT2D eigenvalue weighted by molar-refractivity contribution is 7.15. The van der Waals surface area contributed by atoms with E-state index in [0.29, 0.717) is 4.88 Å². The van der Waals surface area contributed by atoms with Gasteiger partial charge in [-0.15, -0.1) is 11.3 Å². The van der Waals surface area contributed by atoms with Crippen LogP contribution in [0, 0.1) is 18.3 Å². The zero-order valence-corrected chi connectivity index (χ0v) is 8.51. The number of nitrogens with zero attached hydrogens (tertiary/aromatic N) is 2. The third kappa shape index (κ3) is 1.52. The molecule has 14 heavy (non-hydrogen) atoms. The van der Waals surface area contributed by atoms with Crippen LogP contribution in [0.25, 0.3) is 10.6 Å². The Bertz CT molecular complexity index is 494. The van der Waals surface area contributed by atoms with E-state index in [1.807, 2.05) is 31.2 Å². The molecule has 0 N–H and O–H groups in total. The van der Waals surface area contributed by atoms with Crippen molar-refractivity contribution in [2.24, 2.45) is 0 Å². The Labute approximate surface area is 86.5 Å². The fraction of sp³-hybridized carbons (Fsp3) is 0.0909. The highest BCUT2D eigenvalue weighted by Crippen LogP contribution is 2.26. The molecule has 0 aliphatic rings. The average Bonchev–Trinajstić information content (AvgIpc) is 2.67. The van der Waals surface area contributed by atoms with Crippen LogP contribution in [0.3, 0.4) is 0 Å². The molecule has 2 nitrogen and oxygen atoms in total. The van der Waals surface area contributed by atoms with Gasteiger partial charge >= 0.3 is 0 Å². The lowest BCUT2D eigenvalue weighted by atomic mass is 10.1. The summed E-state index contributed by atoms with van der Waals surface area (Å²) >= 11 is 1.43. The van der Waals surface area contributed by atoms with E-state index in [-0.39, 0.29) is 0 Å². The Kier molecular flexibility index (Phi) is 2.30. The van der Waals surface area contributed by atoms with Crippen molar-refractivity contribution in [3.05, 3.63) is 40.9 Å². The molecule has 0 amide bonds. The van der Waals surface area contributed by atoms with Gasteiger partial charge in [-0.1, -0.05) is 24.3 Å². The van der Waals surface area contributed by atoms with Crippen LogP contribution in [0.2, 0.25) is 0 Å². The van der Waals surface area contributed by atoms with Crippen LogP contribution in [0.5, 0.6) is 0 Å². The SMILES string of the molecule is Cc1ccccc1-c1ncc(C#N)s1. The Morgan fingerprint density at radius 1 is 1.36 bits per heavy atom. The van der Waals surface area contributed by atoms with Gasteiger partial charge in [0.25, 0.3) is 0 Å². The first-order chi connectivity index (χ1) is 6.81. The van der Waals surface area contributed by atoms with Crippen molar-refractivity contribution in [2.45, 2.75) is 6.92 Å². The lowest BCUT2D eigenvalue weighted by Crippen LogP contribution is -1.79. The van der Waals surface area contributed by atoms with Crippen molar-refractivity contribution in [2.75, 3.05) is 0 Å². The fourth-order valence-corrected chi connectivity index (χ4v) is 2.07. The predicted octanol–water partition coefficient (Wildman–Crippen LogP) is 2.99. The molecule has 68 valence electrons. The lowest BCUT2D eigenvalue weighted by molar-refractivity contribution is 1.37. The maximum Gasteiger partial charge on any atom is 0.125 e. The van der Waals surface area contributed by atoms with E-state index in [0.717, 1.165) is 10.6 Å². The number of rotatable bonds is 1. The summed E-state index contributed by atoms with van der Waals surface area (Å²) in [6.07, 6.45) is 1.62. The van der Waals surface area contributed by atoms with E-state index < -0.39 is 0 Å². The molecule has 1 aromatic carbocycles. The number of aromatic nitrogens is 1. The molecule has 0 unspecified atom stereocenters. The molecular weight excluding hydrogens is 192 g/mol. The van der Waals surface area contributed by atoms with Gasteiger partial charge in [-0.05, 0) is 12.5 Å². The van der Waals surface area contributed by atoms with E-state index in [4.69, 9.17) is 5.26 Å². The predicted molar refractivity (Wildman–Crippen MR) is 57.0 cm³/mol. The monoisotopic (exact) mass is 200 g/mol. The van der Waals surface area contributed by atoms with Crippen molar-refractivity contribution in [1.29, 1.82) is 5.26 Å². The molecule has 2 rings (SSSR count). The van der Waals surface area contributed by atoms with Crippen LogP contribution in [-0.2, 0) is 0 Å². The van der Waals surface area contributed by atoms with Gasteiger partial charge in [-0.25, -0.2) is 4.98 Å². The van der Waals surface area contributed by atoms with E-state index in [2.05, 4.69) is 11.1 Å². The van der Waals surface area contributed by atoms with Crippen molar-refractivity contribution in [3.63, 3.8) is 0 Å². The molecule has 0 bridgehead atoms. The van der Waals surface area contributed by atoms with E-state index in [1.165, 1.54) is 16.9 Å². The second kappa shape index (κ2) is 3.60. The summed E-state index contributed by atoms with van der Waals surface area (Å²) in [4.78, 5) is 4.87. The summed E-state index contributed by atoms with van der Waals surface area (Å²) < 4.78 is 0. The van der Waals surface area contributed by atoms with Gasteiger partial charge in [-0.3, -0.25) is 0 Å². The molecule has 2 aromatic rings. The van der Waals surface area contributed by atoms with Crippen molar-refractivity contribution in [1.82, 2.24) is 4.98 Å². The molecule has 1 aromatic heterocycles. The standard InChI is InChI=1S/C11H8N2S/c1-8-4-2-3-5-10(8)11-13-7-9(6-12)14-11/h2-5,7H,1H3. The zero-order valence-electron chi connectivity index (χ0n) is 7.69. The van der Waals surface area contributed by atoms with E-state index in [1.54, 1.807) is 6.20 Å². The molecular formula is C11H8N2S. The highest BCUT2D eigenvalue weighted by Gasteiger charge is 2.05. The number of hydrogen-bond donors (Lipinski definition) is 0. The normalized spacial score (nSPS) is 9.71. The van der Waals surface area contributed by atoms with Crippen LogP contribution in [0.15, 0.2) is 30.5 Å². The topological polar surface area (TPSA) is 36.7 Å². The van der Waals surface area contributed by atoms with Gasteiger partial charge in [-0.2, -0.15) is 5.26 Å². The van der Waals surface area contributed by atoms with Crippen molar-refractivity contribution >= 4 is 11.3 Å². The molecule has 0 aliphatic carbocycles. The maximum atomic E-state index is 8.69. The minimum atomic E-state index is 0.656. The van der Waals surface area contributed by atoms with Gasteiger partial charge < -0.3 is 0 Å². The van der Waals surface area contributed by atoms with E-state index >= 15 is 0 Å². The Balaban J connectivity index is 2.51. The van der Waals surface area contributed by atoms with Crippen molar-refractivity contribution in [3.8, 4) is 16.6 Å². The molecule has 0 saturated carbocycles. The second-order valence-electron chi connectivity index (χ2n) is 2.96. The van der Waals surface area contributed by atoms with Crippen LogP contribution in [0.1, 0.15) is 10.4 Å². The summed E-state index contributed by atoms with van der Waals surface area (Å²) in [5, 5.41) is 9.60. The Hall–Kier alpha value is -1.66. The highest BCUT2D eigenvalue weighted by atomic mass is 32.1. The largest absolute Gasteiger partial charge is 0.243 e. The third-order valence-corrected chi connectivity index (χ3v) is 2.93. The molecule has 0 spiro atoms. The first-order valence-electron chi connectivity index (χ1n) is 4.23. The molecule has 0 saturated heterocycles. The number of hydrogen-bond acceptors (Lipinski definition) is 3. The van der Waals surface area contributed by atoms with Gasteiger partial charge in [0, 0.05) is 5.56 Å². The minimum Gasteiger partial charge on any atom is -0.243 e. The number of aryl methyl sites for hydroxylation is 1. The molecule has 0 fully saturated rings. The quantitative estimate of drug-likeness (QED) is 0.709. The fourth-order valence-electron chi connectivity index (χ4n) is 1.26. The number of nitriles is 1. The van der Waals surface area contributed by atoms with Gasteiger partial charge in [0.15, 0.2) is 0 Å². The zero-order chi connectivity index (χ0) is 9.97. The summed E-state index contributed by atoms with van der Waals surface area (Å²) in [5.41, 5.74) is 2.30. The summed E-state index contributed by atoms with van der Waals surface area (Å²) in [5.74, 6) is 0. The van der Waals surface area contributed by atoms with Gasteiger partial charge in [0.1, 0.15) is 16.0 Å². The molecule has 0 atom stereocenters. The van der Waals surface area contributed by atoms with Crippen LogP contribution in [-0.4, -0.2) is 4.98 Å². The molecule has 3 heteroatoms. The smallest absolute Gasteiger partial charge is 0.125 e. The Morgan fingerprint density at radius 2 is 2.14 bits per heavy atom. The number of benzene rings is 1. The minimum absolute atomic E-state index is 0.656. The third-order valence-electron chi connectivity index (χ3n) is 1.99. The van der Waals surface area contributed by atoms with Crippen LogP contribution >= 0.6 is 11.3 Å². The summed E-state index contributed by atoms with van der Waals surface area (Å²) in [7, 11) is 0. The second-order valence-corrected chi connectivity index (χ2v) is 3.99. The van der Waals surface area contributed by atoms with Gasteiger partial charge in [0.2, 0.25) is 0 Å². The number of thiazole rings is 1. The first kappa shape index (κ1) is 8.92. The Morgan fingerprint density at radius 3 is 2.79 bits per heavy atom. The van der Waals surface area contributed by atoms with Crippen LogP contribution in [0.4, 0.5) is 0 Å². The summed E-state index contributed by atoms with van der Waals surface area (Å²) in [6, 6.07) is 10.1. The lowest BCUT2D eigenvalue weighted by Gasteiger charge is -1.99. The molecule has 0 aliphatic heterocycles. The van der Waals surface area contributed by atoms with Crippen LogP contribution < -0.4 is 0 Å². The molecule has 0 radical (unpaired) electrons. The summed E-state index contributed by atoms with van der Waals surface area (Å²) in [6.45, 7) is 2.04. The van der Waals surface area contributed by atoms with Crippen molar-refractivity contribution < 1.29 is 0 Å².